The highest BCUT2D eigenvalue weighted by Gasteiger charge is 2.33. The van der Waals surface area contributed by atoms with Crippen molar-refractivity contribution in [1.82, 2.24) is 4.31 Å². The van der Waals surface area contributed by atoms with Crippen LogP contribution in [0, 0.1) is 26.7 Å². The second-order valence-electron chi connectivity index (χ2n) is 7.42. The molecular weight excluding hydrogens is 396 g/mol. The minimum absolute atomic E-state index is 0.145. The van der Waals surface area contributed by atoms with Gasteiger partial charge in [-0.25, -0.2) is 8.42 Å². The van der Waals surface area contributed by atoms with Crippen LogP contribution in [-0.4, -0.2) is 31.7 Å². The first-order valence-corrected chi connectivity index (χ1v) is 11.1. The van der Waals surface area contributed by atoms with E-state index in [2.05, 4.69) is 5.32 Å². The molecule has 0 aliphatic carbocycles. The molecule has 1 amide bonds. The van der Waals surface area contributed by atoms with Crippen molar-refractivity contribution in [2.24, 2.45) is 5.92 Å². The fraction of sp³-hybridized carbons (Fsp3) is 0.381. The van der Waals surface area contributed by atoms with Crippen molar-refractivity contribution in [3.05, 3.63) is 58.1 Å². The van der Waals surface area contributed by atoms with E-state index in [1.54, 1.807) is 12.1 Å². The Kier molecular flexibility index (Phi) is 6.12. The first-order valence-electron chi connectivity index (χ1n) is 9.33. The molecular formula is C21H25ClN2O3S. The third-order valence-electron chi connectivity index (χ3n) is 5.18. The topological polar surface area (TPSA) is 66.5 Å². The number of benzene rings is 2. The Bertz CT molecular complexity index is 1000. The summed E-state index contributed by atoms with van der Waals surface area (Å²) in [5, 5.41) is 3.37. The summed E-state index contributed by atoms with van der Waals surface area (Å²) in [5.41, 5.74) is 3.70. The molecule has 5 nitrogen and oxygen atoms in total. The quantitative estimate of drug-likeness (QED) is 0.801. The van der Waals surface area contributed by atoms with Gasteiger partial charge in [0.25, 0.3) is 0 Å². The van der Waals surface area contributed by atoms with Crippen LogP contribution in [0.3, 0.4) is 0 Å². The third-order valence-corrected chi connectivity index (χ3v) is 7.44. The Morgan fingerprint density at radius 3 is 2.54 bits per heavy atom. The number of hydrogen-bond donors (Lipinski definition) is 1. The highest BCUT2D eigenvalue weighted by Crippen LogP contribution is 2.27. The summed E-state index contributed by atoms with van der Waals surface area (Å²) in [6.07, 6.45) is 1.31. The Balaban J connectivity index is 1.75. The average molecular weight is 421 g/mol. The minimum atomic E-state index is -3.69. The van der Waals surface area contributed by atoms with Gasteiger partial charge in [-0.1, -0.05) is 35.4 Å². The van der Waals surface area contributed by atoms with Gasteiger partial charge in [-0.2, -0.15) is 4.31 Å². The van der Waals surface area contributed by atoms with Gasteiger partial charge in [0.15, 0.2) is 0 Å². The van der Waals surface area contributed by atoms with E-state index in [0.29, 0.717) is 24.4 Å². The number of carbonyl (C=O) groups is 1. The van der Waals surface area contributed by atoms with Gasteiger partial charge in [0.1, 0.15) is 0 Å². The average Bonchev–Trinajstić information content (AvgIpc) is 2.66. The molecule has 1 N–H and O–H groups in total. The largest absolute Gasteiger partial charge is 0.326 e. The Hall–Kier alpha value is -1.89. The highest BCUT2D eigenvalue weighted by molar-refractivity contribution is 7.89. The molecule has 1 heterocycles. The molecule has 0 spiro atoms. The minimum Gasteiger partial charge on any atom is -0.326 e. The lowest BCUT2D eigenvalue weighted by atomic mass is 9.98. The number of nitrogens with zero attached hydrogens (tertiary/aromatic N) is 1. The molecule has 0 radical (unpaired) electrons. The van der Waals surface area contributed by atoms with E-state index in [1.165, 1.54) is 10.4 Å². The van der Waals surface area contributed by atoms with E-state index in [1.807, 2.05) is 39.0 Å². The van der Waals surface area contributed by atoms with Crippen LogP contribution in [0.25, 0.3) is 0 Å². The van der Waals surface area contributed by atoms with Crippen molar-refractivity contribution < 1.29 is 13.2 Å². The zero-order valence-electron chi connectivity index (χ0n) is 16.3. The summed E-state index contributed by atoms with van der Waals surface area (Å²) in [7, 11) is -3.69. The summed E-state index contributed by atoms with van der Waals surface area (Å²) >= 11 is 6.11. The second-order valence-corrected chi connectivity index (χ2v) is 9.77. The molecule has 28 heavy (non-hydrogen) atoms. The van der Waals surface area contributed by atoms with Gasteiger partial charge < -0.3 is 5.32 Å². The number of sulfonamides is 1. The van der Waals surface area contributed by atoms with Crippen molar-refractivity contribution in [2.45, 2.75) is 38.5 Å². The summed E-state index contributed by atoms with van der Waals surface area (Å²) in [6, 6.07) is 10.6. The monoisotopic (exact) mass is 420 g/mol. The zero-order valence-corrected chi connectivity index (χ0v) is 17.9. The summed E-state index contributed by atoms with van der Waals surface area (Å²) in [6.45, 7) is 6.35. The van der Waals surface area contributed by atoms with Crippen molar-refractivity contribution in [1.29, 1.82) is 0 Å². The van der Waals surface area contributed by atoms with Crippen LogP contribution >= 0.6 is 11.6 Å². The zero-order chi connectivity index (χ0) is 20.5. The number of carbonyl (C=O) groups excluding carboxylic acids is 1. The normalized spacial score (nSPS) is 18.1. The number of nitrogens with one attached hydrogen (secondary N) is 1. The van der Waals surface area contributed by atoms with Gasteiger partial charge >= 0.3 is 0 Å². The van der Waals surface area contributed by atoms with E-state index in [9.17, 15) is 13.2 Å². The number of rotatable bonds is 4. The number of amides is 1. The lowest BCUT2D eigenvalue weighted by Gasteiger charge is -2.31. The van der Waals surface area contributed by atoms with Crippen LogP contribution in [0.1, 0.15) is 29.5 Å². The second kappa shape index (κ2) is 8.23. The van der Waals surface area contributed by atoms with Gasteiger partial charge in [-0.3, -0.25) is 4.79 Å². The predicted octanol–water partition coefficient (Wildman–Crippen LogP) is 4.30. The lowest BCUT2D eigenvalue weighted by molar-refractivity contribution is -0.120. The number of piperidine rings is 1. The number of halogens is 1. The summed E-state index contributed by atoms with van der Waals surface area (Å²) in [5.74, 6) is -0.529. The smallest absolute Gasteiger partial charge is 0.243 e. The van der Waals surface area contributed by atoms with Gasteiger partial charge in [0, 0.05) is 23.8 Å². The van der Waals surface area contributed by atoms with Gasteiger partial charge in [-0.05, 0) is 62.9 Å². The van der Waals surface area contributed by atoms with Crippen molar-refractivity contribution in [2.75, 3.05) is 18.4 Å². The maximum absolute atomic E-state index is 13.0. The van der Waals surface area contributed by atoms with Crippen molar-refractivity contribution in [3.63, 3.8) is 0 Å². The fourth-order valence-electron chi connectivity index (χ4n) is 3.45. The third kappa shape index (κ3) is 4.40. The molecule has 0 unspecified atom stereocenters. The molecule has 1 atom stereocenters. The van der Waals surface area contributed by atoms with E-state index in [0.717, 1.165) is 22.4 Å². The summed E-state index contributed by atoms with van der Waals surface area (Å²) in [4.78, 5) is 12.9. The molecule has 1 fully saturated rings. The van der Waals surface area contributed by atoms with Crippen LogP contribution in [0.2, 0.25) is 5.02 Å². The van der Waals surface area contributed by atoms with Gasteiger partial charge in [-0.15, -0.1) is 0 Å². The van der Waals surface area contributed by atoms with Crippen LogP contribution in [0.15, 0.2) is 41.3 Å². The Morgan fingerprint density at radius 1 is 1.11 bits per heavy atom. The van der Waals surface area contributed by atoms with Crippen LogP contribution in [-0.2, 0) is 14.8 Å². The number of aryl methyl sites for hydroxylation is 3. The van der Waals surface area contributed by atoms with Crippen molar-refractivity contribution in [3.8, 4) is 0 Å². The van der Waals surface area contributed by atoms with E-state index < -0.39 is 10.0 Å². The molecule has 1 aliphatic rings. The van der Waals surface area contributed by atoms with Gasteiger partial charge in [0.2, 0.25) is 15.9 Å². The standard InChI is InChI=1S/C21H25ClN2O3S/c1-14-6-9-20(16(3)11-14)23-21(25)17-5-4-10-24(13-17)28(26,27)18-8-7-15(2)19(22)12-18/h6-9,11-12,17H,4-5,10,13H2,1-3H3,(H,23,25)/t17-/m1/s1. The number of anilines is 1. The molecule has 2 aromatic carbocycles. The molecule has 0 bridgehead atoms. The Morgan fingerprint density at radius 2 is 1.86 bits per heavy atom. The van der Waals surface area contributed by atoms with Crippen LogP contribution < -0.4 is 5.32 Å². The molecule has 2 aromatic rings. The maximum Gasteiger partial charge on any atom is 0.243 e. The van der Waals surface area contributed by atoms with Crippen LogP contribution in [0.4, 0.5) is 5.69 Å². The van der Waals surface area contributed by atoms with E-state index in [4.69, 9.17) is 11.6 Å². The number of hydrogen-bond acceptors (Lipinski definition) is 3. The summed E-state index contributed by atoms with van der Waals surface area (Å²) < 4.78 is 27.4. The van der Waals surface area contributed by atoms with E-state index in [-0.39, 0.29) is 23.3 Å². The molecule has 7 heteroatoms. The molecule has 0 aromatic heterocycles. The molecule has 1 aliphatic heterocycles. The fourth-order valence-corrected chi connectivity index (χ4v) is 5.24. The first-order chi connectivity index (χ1) is 13.2. The van der Waals surface area contributed by atoms with Gasteiger partial charge in [0.05, 0.1) is 10.8 Å². The van der Waals surface area contributed by atoms with Crippen molar-refractivity contribution >= 4 is 33.2 Å². The molecule has 1 saturated heterocycles. The van der Waals surface area contributed by atoms with E-state index >= 15 is 0 Å². The lowest BCUT2D eigenvalue weighted by Crippen LogP contribution is -2.43. The molecule has 150 valence electrons. The first kappa shape index (κ1) is 20.8. The van der Waals surface area contributed by atoms with Crippen LogP contribution in [0.5, 0.6) is 0 Å². The maximum atomic E-state index is 13.0. The highest BCUT2D eigenvalue weighted by atomic mass is 35.5. The molecule has 0 saturated carbocycles. The predicted molar refractivity (Wildman–Crippen MR) is 112 cm³/mol. The SMILES string of the molecule is Cc1ccc(NC(=O)[C@@H]2CCCN(S(=O)(=O)c3ccc(C)c(Cl)c3)C2)c(C)c1. The Labute approximate surface area is 171 Å². The molecule has 3 rings (SSSR count).